The van der Waals surface area contributed by atoms with Crippen molar-refractivity contribution in [2.75, 3.05) is 18.1 Å². The van der Waals surface area contributed by atoms with E-state index in [2.05, 4.69) is 0 Å². The molecule has 2 aliphatic heterocycles. The van der Waals surface area contributed by atoms with Crippen molar-refractivity contribution in [3.63, 3.8) is 0 Å². The van der Waals surface area contributed by atoms with Crippen molar-refractivity contribution in [2.45, 2.75) is 12.1 Å². The van der Waals surface area contributed by atoms with Gasteiger partial charge in [0.1, 0.15) is 12.6 Å². The second-order valence-electron chi connectivity index (χ2n) is 3.59. The molecule has 0 radical (unpaired) electrons. The number of aliphatic carboxylic acids is 1. The number of amides is 1. The number of sulfone groups is 1. The molecule has 2 fully saturated rings. The standard InChI is InChI=1S/C7H9NO6S/c9-6(10)1-8-4-2-15(12,13)3-5(4)14-7(8)11/h4-5H,1-3H2,(H,9,10). The fraction of sp³-hybridized carbons (Fsp3) is 0.714. The minimum Gasteiger partial charge on any atom is -0.480 e. The van der Waals surface area contributed by atoms with E-state index in [0.29, 0.717) is 0 Å². The second kappa shape index (κ2) is 3.09. The van der Waals surface area contributed by atoms with Gasteiger partial charge in [0.05, 0.1) is 17.5 Å². The lowest BCUT2D eigenvalue weighted by Crippen LogP contribution is -2.40. The predicted octanol–water partition coefficient (Wildman–Crippen LogP) is -1.31. The van der Waals surface area contributed by atoms with Crippen LogP contribution in [0.2, 0.25) is 0 Å². The van der Waals surface area contributed by atoms with Crippen LogP contribution in [0.3, 0.4) is 0 Å². The van der Waals surface area contributed by atoms with E-state index in [1.807, 2.05) is 0 Å². The minimum absolute atomic E-state index is 0.209. The van der Waals surface area contributed by atoms with Crippen LogP contribution in [0.5, 0.6) is 0 Å². The Morgan fingerprint density at radius 2 is 2.20 bits per heavy atom. The molecule has 8 heteroatoms. The van der Waals surface area contributed by atoms with Crippen molar-refractivity contribution in [3.8, 4) is 0 Å². The lowest BCUT2D eigenvalue weighted by molar-refractivity contribution is -0.137. The van der Waals surface area contributed by atoms with E-state index in [9.17, 15) is 18.0 Å². The molecule has 0 bridgehead atoms. The molecule has 1 amide bonds. The Morgan fingerprint density at radius 1 is 1.53 bits per heavy atom. The maximum atomic E-state index is 11.2. The average Bonchev–Trinajstić information content (AvgIpc) is 2.47. The van der Waals surface area contributed by atoms with Crippen LogP contribution in [0.25, 0.3) is 0 Å². The number of carbonyl (C=O) groups excluding carboxylic acids is 1. The highest BCUT2D eigenvalue weighted by atomic mass is 32.2. The van der Waals surface area contributed by atoms with Crippen LogP contribution in [-0.2, 0) is 19.4 Å². The Kier molecular flexibility index (Phi) is 2.10. The third kappa shape index (κ3) is 1.76. The normalized spacial score (nSPS) is 32.5. The Hall–Kier alpha value is -1.31. The molecule has 0 aromatic rings. The molecule has 84 valence electrons. The van der Waals surface area contributed by atoms with E-state index < -0.39 is 40.6 Å². The molecule has 2 rings (SSSR count). The first kappa shape index (κ1) is 10.2. The van der Waals surface area contributed by atoms with Gasteiger partial charge in [-0.15, -0.1) is 0 Å². The Bertz CT molecular complexity index is 415. The van der Waals surface area contributed by atoms with Gasteiger partial charge in [-0.1, -0.05) is 0 Å². The number of nitrogens with zero attached hydrogens (tertiary/aromatic N) is 1. The summed E-state index contributed by atoms with van der Waals surface area (Å²) in [6, 6.07) is -0.640. The molecule has 2 saturated heterocycles. The third-order valence-corrected chi connectivity index (χ3v) is 4.15. The summed E-state index contributed by atoms with van der Waals surface area (Å²) in [5.41, 5.74) is 0. The highest BCUT2D eigenvalue weighted by molar-refractivity contribution is 7.91. The molecule has 2 aliphatic rings. The molecule has 2 atom stereocenters. The maximum absolute atomic E-state index is 11.2. The highest BCUT2D eigenvalue weighted by Gasteiger charge is 2.51. The monoisotopic (exact) mass is 235 g/mol. The number of rotatable bonds is 2. The Morgan fingerprint density at radius 3 is 2.80 bits per heavy atom. The Balaban J connectivity index is 2.19. The summed E-state index contributed by atoms with van der Waals surface area (Å²) in [5, 5.41) is 8.54. The molecule has 2 unspecified atom stereocenters. The quantitative estimate of drug-likeness (QED) is 0.637. The number of ether oxygens (including phenoxy) is 1. The summed E-state index contributed by atoms with van der Waals surface area (Å²) in [6.07, 6.45) is -1.45. The molecule has 7 nitrogen and oxygen atoms in total. The Labute approximate surface area is 85.5 Å². The van der Waals surface area contributed by atoms with Crippen LogP contribution in [-0.4, -0.2) is 60.7 Å². The lowest BCUT2D eigenvalue weighted by atomic mass is 10.2. The summed E-state index contributed by atoms with van der Waals surface area (Å²) in [5.74, 6) is -1.60. The number of hydrogen-bond donors (Lipinski definition) is 1. The van der Waals surface area contributed by atoms with Gasteiger partial charge in [-0.25, -0.2) is 13.2 Å². The fourth-order valence-electron chi connectivity index (χ4n) is 1.86. The number of fused-ring (bicyclic) bond motifs is 1. The number of carboxylic acid groups (broad SMARTS) is 1. The van der Waals surface area contributed by atoms with Crippen LogP contribution < -0.4 is 0 Å². The van der Waals surface area contributed by atoms with Crippen molar-refractivity contribution in [2.24, 2.45) is 0 Å². The zero-order chi connectivity index (χ0) is 11.2. The number of carbonyl (C=O) groups is 2. The van der Waals surface area contributed by atoms with Gasteiger partial charge < -0.3 is 9.84 Å². The van der Waals surface area contributed by atoms with Gasteiger partial charge in [0, 0.05) is 0 Å². The van der Waals surface area contributed by atoms with Gasteiger partial charge in [0.2, 0.25) is 0 Å². The van der Waals surface area contributed by atoms with Crippen molar-refractivity contribution in [3.05, 3.63) is 0 Å². The molecular formula is C7H9NO6S. The third-order valence-electron chi connectivity index (χ3n) is 2.46. The van der Waals surface area contributed by atoms with Crippen LogP contribution in [0.4, 0.5) is 4.79 Å². The summed E-state index contributed by atoms with van der Waals surface area (Å²) in [6.45, 7) is -0.518. The summed E-state index contributed by atoms with van der Waals surface area (Å²) < 4.78 is 27.2. The zero-order valence-electron chi connectivity index (χ0n) is 7.62. The van der Waals surface area contributed by atoms with Crippen LogP contribution >= 0.6 is 0 Å². The van der Waals surface area contributed by atoms with Crippen molar-refractivity contribution in [1.29, 1.82) is 0 Å². The predicted molar refractivity (Wildman–Crippen MR) is 47.1 cm³/mol. The maximum Gasteiger partial charge on any atom is 0.411 e. The van der Waals surface area contributed by atoms with Crippen molar-refractivity contribution >= 4 is 21.9 Å². The molecule has 2 heterocycles. The van der Waals surface area contributed by atoms with E-state index >= 15 is 0 Å². The molecule has 0 aromatic heterocycles. The van der Waals surface area contributed by atoms with Gasteiger partial charge in [0.25, 0.3) is 0 Å². The molecular weight excluding hydrogens is 226 g/mol. The summed E-state index contributed by atoms with van der Waals surface area (Å²) >= 11 is 0. The molecule has 15 heavy (non-hydrogen) atoms. The van der Waals surface area contributed by atoms with Crippen LogP contribution in [0, 0.1) is 0 Å². The smallest absolute Gasteiger partial charge is 0.411 e. The molecule has 0 aliphatic carbocycles. The van der Waals surface area contributed by atoms with E-state index in [0.717, 1.165) is 4.90 Å². The lowest BCUT2D eigenvalue weighted by Gasteiger charge is -2.16. The first-order valence-electron chi connectivity index (χ1n) is 4.28. The van der Waals surface area contributed by atoms with Gasteiger partial charge in [-0.2, -0.15) is 0 Å². The first-order chi connectivity index (χ1) is 6.89. The minimum atomic E-state index is -3.21. The van der Waals surface area contributed by atoms with Gasteiger partial charge in [0.15, 0.2) is 9.84 Å². The second-order valence-corrected chi connectivity index (χ2v) is 5.74. The van der Waals surface area contributed by atoms with Crippen LogP contribution in [0.1, 0.15) is 0 Å². The van der Waals surface area contributed by atoms with Crippen LogP contribution in [0.15, 0.2) is 0 Å². The van der Waals surface area contributed by atoms with Crippen molar-refractivity contribution in [1.82, 2.24) is 4.90 Å². The fourth-order valence-corrected chi connectivity index (χ4v) is 3.70. The molecule has 0 aromatic carbocycles. The molecule has 0 spiro atoms. The van der Waals surface area contributed by atoms with E-state index in [1.54, 1.807) is 0 Å². The number of carboxylic acids is 1. The number of hydrogen-bond acceptors (Lipinski definition) is 5. The molecule has 0 saturated carbocycles. The zero-order valence-corrected chi connectivity index (χ0v) is 8.44. The van der Waals surface area contributed by atoms with E-state index in [1.165, 1.54) is 0 Å². The van der Waals surface area contributed by atoms with Gasteiger partial charge in [-0.3, -0.25) is 9.69 Å². The summed E-state index contributed by atoms with van der Waals surface area (Å²) in [4.78, 5) is 22.6. The van der Waals surface area contributed by atoms with E-state index in [4.69, 9.17) is 9.84 Å². The van der Waals surface area contributed by atoms with E-state index in [-0.39, 0.29) is 11.5 Å². The molecule has 1 N–H and O–H groups in total. The SMILES string of the molecule is O=C(O)CN1C(=O)OC2CS(=O)(=O)CC21. The summed E-state index contributed by atoms with van der Waals surface area (Å²) in [7, 11) is -3.21. The highest BCUT2D eigenvalue weighted by Crippen LogP contribution is 2.27. The van der Waals surface area contributed by atoms with Crippen molar-refractivity contribution < 1.29 is 27.9 Å². The largest absolute Gasteiger partial charge is 0.480 e. The van der Waals surface area contributed by atoms with Gasteiger partial charge in [-0.05, 0) is 0 Å². The topological polar surface area (TPSA) is 101 Å². The van der Waals surface area contributed by atoms with Gasteiger partial charge >= 0.3 is 12.1 Å². The average molecular weight is 235 g/mol. The first-order valence-corrected chi connectivity index (χ1v) is 6.11.